The molecule has 4 nitrogen and oxygen atoms in total. The normalized spacial score (nSPS) is 27.2. The zero-order valence-electron chi connectivity index (χ0n) is 8.40. The number of rotatable bonds is 2. The van der Waals surface area contributed by atoms with E-state index in [1.807, 2.05) is 0 Å². The van der Waals surface area contributed by atoms with E-state index in [1.165, 1.54) is 23.5 Å². The molecule has 0 aromatic carbocycles. The Kier molecular flexibility index (Phi) is 5.45. The summed E-state index contributed by atoms with van der Waals surface area (Å²) in [5, 5.41) is 21.4. The highest BCUT2D eigenvalue weighted by atomic mass is 32.2. The van der Waals surface area contributed by atoms with Crippen LogP contribution < -0.4 is 0 Å². The third-order valence-electron chi connectivity index (χ3n) is 1.75. The maximum Gasteiger partial charge on any atom is 0.135 e. The molecule has 0 spiro atoms. The van der Waals surface area contributed by atoms with Crippen LogP contribution in [0.4, 0.5) is 0 Å². The van der Waals surface area contributed by atoms with E-state index in [2.05, 4.69) is 20.8 Å². The maximum absolute atomic E-state index is 8.56. The Morgan fingerprint density at radius 2 is 1.47 bits per heavy atom. The standard InChI is InChI=1S/C8H6N4S5/c9-3-15-5-1-13-7(11-5)17-8-12-6(2-14-8)16-4-10/h5-6H,1-2H2/t5-,6-/m0/s1. The summed E-state index contributed by atoms with van der Waals surface area (Å²) in [6.45, 7) is 0. The summed E-state index contributed by atoms with van der Waals surface area (Å²) in [6.07, 6.45) is 0. The van der Waals surface area contributed by atoms with Gasteiger partial charge < -0.3 is 0 Å². The van der Waals surface area contributed by atoms with Crippen LogP contribution in [-0.4, -0.2) is 31.0 Å². The van der Waals surface area contributed by atoms with Crippen LogP contribution >= 0.6 is 58.8 Å². The minimum atomic E-state index is 0.0591. The molecule has 0 unspecified atom stereocenters. The van der Waals surface area contributed by atoms with E-state index < -0.39 is 0 Å². The van der Waals surface area contributed by atoms with Crippen LogP contribution in [0.1, 0.15) is 0 Å². The number of hydrogen-bond donors (Lipinski definition) is 0. The van der Waals surface area contributed by atoms with Crippen LogP contribution in [0, 0.1) is 21.3 Å². The smallest absolute Gasteiger partial charge is 0.135 e. The highest BCUT2D eigenvalue weighted by molar-refractivity contribution is 8.54. The molecule has 0 amide bonds. The zero-order chi connectivity index (χ0) is 12.1. The van der Waals surface area contributed by atoms with E-state index >= 15 is 0 Å². The van der Waals surface area contributed by atoms with Gasteiger partial charge in [-0.2, -0.15) is 10.5 Å². The summed E-state index contributed by atoms with van der Waals surface area (Å²) in [5.41, 5.74) is 0. The average Bonchev–Trinajstić information content (AvgIpc) is 2.91. The van der Waals surface area contributed by atoms with Crippen molar-refractivity contribution in [3.8, 4) is 10.8 Å². The van der Waals surface area contributed by atoms with E-state index in [0.29, 0.717) is 0 Å². The third kappa shape index (κ3) is 4.04. The van der Waals surface area contributed by atoms with E-state index in [4.69, 9.17) is 10.5 Å². The summed E-state index contributed by atoms with van der Waals surface area (Å²) in [7, 11) is 0. The fourth-order valence-electron chi connectivity index (χ4n) is 1.10. The molecule has 9 heteroatoms. The van der Waals surface area contributed by atoms with E-state index in [-0.39, 0.29) is 10.7 Å². The Balaban J connectivity index is 1.87. The highest BCUT2D eigenvalue weighted by Crippen LogP contribution is 2.37. The van der Waals surface area contributed by atoms with E-state index in [9.17, 15) is 0 Å². The van der Waals surface area contributed by atoms with Crippen molar-refractivity contribution in [2.45, 2.75) is 10.7 Å². The van der Waals surface area contributed by atoms with Gasteiger partial charge in [0, 0.05) is 11.5 Å². The van der Waals surface area contributed by atoms with Gasteiger partial charge in [-0.1, -0.05) is 23.5 Å². The van der Waals surface area contributed by atoms with Gasteiger partial charge in [-0.25, -0.2) is 0 Å². The molecule has 2 aliphatic rings. The lowest BCUT2D eigenvalue weighted by Gasteiger charge is -1.96. The second-order valence-electron chi connectivity index (χ2n) is 2.84. The lowest BCUT2D eigenvalue weighted by Crippen LogP contribution is -1.93. The second kappa shape index (κ2) is 6.86. The number of nitrogens with zero attached hydrogens (tertiary/aromatic N) is 4. The first-order valence-electron chi connectivity index (χ1n) is 4.50. The summed E-state index contributed by atoms with van der Waals surface area (Å²) >= 11 is 7.29. The molecule has 2 rings (SSSR count). The zero-order valence-corrected chi connectivity index (χ0v) is 12.5. The number of nitriles is 2. The first kappa shape index (κ1) is 13.5. The predicted molar refractivity (Wildman–Crippen MR) is 81.4 cm³/mol. The summed E-state index contributed by atoms with van der Waals surface area (Å²) in [4.78, 5) is 8.86. The van der Waals surface area contributed by atoms with Gasteiger partial charge in [0.05, 0.1) is 0 Å². The van der Waals surface area contributed by atoms with Gasteiger partial charge in [0.25, 0.3) is 0 Å². The third-order valence-corrected chi connectivity index (χ3v) is 6.91. The lowest BCUT2D eigenvalue weighted by atomic mass is 10.8. The Labute approximate surface area is 120 Å². The Hall–Kier alpha value is 0.0700. The quantitative estimate of drug-likeness (QED) is 0.725. The Morgan fingerprint density at radius 1 is 1.00 bits per heavy atom. The molecule has 17 heavy (non-hydrogen) atoms. The first-order valence-corrected chi connectivity index (χ1v) is 9.05. The van der Waals surface area contributed by atoms with Gasteiger partial charge in [-0.05, 0) is 35.3 Å². The summed E-state index contributed by atoms with van der Waals surface area (Å²) in [6, 6.07) is 0. The van der Waals surface area contributed by atoms with Crippen molar-refractivity contribution >= 4 is 67.6 Å². The van der Waals surface area contributed by atoms with Crippen LogP contribution in [0.25, 0.3) is 0 Å². The van der Waals surface area contributed by atoms with Crippen molar-refractivity contribution in [2.24, 2.45) is 9.98 Å². The van der Waals surface area contributed by atoms with Crippen LogP contribution in [0.2, 0.25) is 0 Å². The summed E-state index contributed by atoms with van der Waals surface area (Å²) < 4.78 is 1.96. The summed E-state index contributed by atoms with van der Waals surface area (Å²) in [5.74, 6) is 1.71. The highest BCUT2D eigenvalue weighted by Gasteiger charge is 2.24. The molecule has 0 bridgehead atoms. The van der Waals surface area contributed by atoms with Crippen molar-refractivity contribution in [1.82, 2.24) is 0 Å². The molecule has 0 aliphatic carbocycles. The molecule has 88 valence electrons. The van der Waals surface area contributed by atoms with Gasteiger partial charge in [0.1, 0.15) is 30.3 Å². The Morgan fingerprint density at radius 3 is 1.88 bits per heavy atom. The Bertz CT molecular complexity index is 394. The number of hydrogen-bond acceptors (Lipinski definition) is 9. The molecule has 0 saturated heterocycles. The molecule has 0 N–H and O–H groups in total. The monoisotopic (exact) mass is 318 g/mol. The van der Waals surface area contributed by atoms with Crippen LogP contribution in [0.3, 0.4) is 0 Å². The predicted octanol–water partition coefficient (Wildman–Crippen LogP) is 3.01. The van der Waals surface area contributed by atoms with E-state index in [0.717, 1.165) is 20.3 Å². The maximum atomic E-state index is 8.56. The van der Waals surface area contributed by atoms with Crippen molar-refractivity contribution in [3.05, 3.63) is 0 Å². The molecule has 0 fully saturated rings. The van der Waals surface area contributed by atoms with Crippen LogP contribution in [0.5, 0.6) is 0 Å². The van der Waals surface area contributed by atoms with Gasteiger partial charge in [-0.15, -0.1) is 0 Å². The van der Waals surface area contributed by atoms with Crippen LogP contribution in [-0.2, 0) is 0 Å². The van der Waals surface area contributed by atoms with Gasteiger partial charge >= 0.3 is 0 Å². The van der Waals surface area contributed by atoms with Gasteiger partial charge in [0.15, 0.2) is 0 Å². The topological polar surface area (TPSA) is 72.3 Å². The molecule has 0 aromatic rings. The van der Waals surface area contributed by atoms with Crippen molar-refractivity contribution in [3.63, 3.8) is 0 Å². The first-order chi connectivity index (χ1) is 8.31. The largest absolute Gasteiger partial charge is 0.255 e. The number of thiocyanates is 2. The van der Waals surface area contributed by atoms with Gasteiger partial charge in [0.2, 0.25) is 0 Å². The average molecular weight is 318 g/mol. The second-order valence-corrected chi connectivity index (χ2v) is 8.28. The van der Waals surface area contributed by atoms with Gasteiger partial charge in [-0.3, -0.25) is 9.98 Å². The van der Waals surface area contributed by atoms with Crippen molar-refractivity contribution in [2.75, 3.05) is 11.5 Å². The fraction of sp³-hybridized carbons (Fsp3) is 0.500. The number of aliphatic imine (C=N–C) groups is 2. The molecule has 0 aromatic heterocycles. The SMILES string of the molecule is N#CS[C@H]1CSC(SC2=N[C@@H](SC#N)CS2)=N1. The van der Waals surface area contributed by atoms with Crippen LogP contribution in [0.15, 0.2) is 9.98 Å². The molecule has 2 aliphatic heterocycles. The fourth-order valence-corrected chi connectivity index (χ4v) is 6.02. The molecule has 2 atom stereocenters. The molecular formula is C8H6N4S5. The minimum absolute atomic E-state index is 0.0591. The molecule has 0 saturated carbocycles. The van der Waals surface area contributed by atoms with Crippen molar-refractivity contribution < 1.29 is 0 Å². The molecular weight excluding hydrogens is 312 g/mol. The molecule has 2 heterocycles. The molecule has 0 radical (unpaired) electrons. The number of thioether (sulfide) groups is 5. The lowest BCUT2D eigenvalue weighted by molar-refractivity contribution is 1.09. The van der Waals surface area contributed by atoms with E-state index in [1.54, 1.807) is 35.3 Å². The van der Waals surface area contributed by atoms with Crippen molar-refractivity contribution in [1.29, 1.82) is 10.5 Å². The minimum Gasteiger partial charge on any atom is -0.255 e.